The molecular weight excluding hydrogens is 301 g/mol. The van der Waals surface area contributed by atoms with Crippen molar-refractivity contribution in [3.63, 3.8) is 0 Å². The van der Waals surface area contributed by atoms with Crippen molar-refractivity contribution in [3.8, 4) is 0 Å². The second-order valence-electron chi connectivity index (χ2n) is 5.50. The van der Waals surface area contributed by atoms with E-state index in [1.54, 1.807) is 0 Å². The van der Waals surface area contributed by atoms with Crippen molar-refractivity contribution in [2.75, 3.05) is 12.4 Å². The molecule has 1 aliphatic rings. The first-order valence-electron chi connectivity index (χ1n) is 6.86. The highest BCUT2D eigenvalue weighted by molar-refractivity contribution is 6.35. The first-order valence-corrected chi connectivity index (χ1v) is 8.15. The van der Waals surface area contributed by atoms with Crippen molar-refractivity contribution in [3.05, 3.63) is 33.8 Å². The van der Waals surface area contributed by atoms with Crippen LogP contribution in [0.1, 0.15) is 37.7 Å². The van der Waals surface area contributed by atoms with Crippen LogP contribution in [0.3, 0.4) is 0 Å². The highest BCUT2D eigenvalue weighted by Gasteiger charge is 2.30. The van der Waals surface area contributed by atoms with E-state index < -0.39 is 0 Å². The van der Waals surface area contributed by atoms with Gasteiger partial charge in [-0.05, 0) is 30.4 Å². The molecule has 0 amide bonds. The molecule has 106 valence electrons. The van der Waals surface area contributed by atoms with Gasteiger partial charge in [0.15, 0.2) is 0 Å². The molecule has 1 N–H and O–H groups in total. The highest BCUT2D eigenvalue weighted by Crippen LogP contribution is 2.37. The fraction of sp³-hybridized carbons (Fsp3) is 0.600. The van der Waals surface area contributed by atoms with Gasteiger partial charge in [0.25, 0.3) is 0 Å². The molecule has 4 heteroatoms. The van der Waals surface area contributed by atoms with E-state index in [9.17, 15) is 0 Å². The summed E-state index contributed by atoms with van der Waals surface area (Å²) in [6, 6.07) is 5.63. The van der Waals surface area contributed by atoms with Crippen LogP contribution in [0.25, 0.3) is 0 Å². The van der Waals surface area contributed by atoms with E-state index in [-0.39, 0.29) is 5.41 Å². The lowest BCUT2D eigenvalue weighted by atomic mass is 9.75. The van der Waals surface area contributed by atoms with E-state index in [2.05, 4.69) is 5.32 Å². The minimum absolute atomic E-state index is 0.257. The molecule has 0 unspecified atom stereocenters. The molecule has 1 saturated carbocycles. The number of hydrogen-bond donors (Lipinski definition) is 1. The number of halogens is 3. The minimum atomic E-state index is 0.257. The van der Waals surface area contributed by atoms with E-state index in [1.807, 2.05) is 18.2 Å². The maximum atomic E-state index is 6.19. The first kappa shape index (κ1) is 15.4. The third-order valence-electron chi connectivity index (χ3n) is 4.06. The summed E-state index contributed by atoms with van der Waals surface area (Å²) in [5.74, 6) is 0.732. The van der Waals surface area contributed by atoms with Gasteiger partial charge in [0.2, 0.25) is 0 Å². The summed E-state index contributed by atoms with van der Waals surface area (Å²) in [4.78, 5) is 0. The van der Waals surface area contributed by atoms with Crippen LogP contribution in [0, 0.1) is 5.41 Å². The molecule has 1 aromatic rings. The van der Waals surface area contributed by atoms with Crippen molar-refractivity contribution in [1.82, 2.24) is 5.32 Å². The van der Waals surface area contributed by atoms with Crippen molar-refractivity contribution in [1.29, 1.82) is 0 Å². The van der Waals surface area contributed by atoms with Crippen molar-refractivity contribution in [2.45, 2.75) is 38.6 Å². The smallest absolute Gasteiger partial charge is 0.0465 e. The van der Waals surface area contributed by atoms with Crippen LogP contribution >= 0.6 is 34.8 Å². The molecule has 1 aliphatic carbocycles. The van der Waals surface area contributed by atoms with Gasteiger partial charge in [0, 0.05) is 34.6 Å². The van der Waals surface area contributed by atoms with E-state index in [0.29, 0.717) is 6.54 Å². The Morgan fingerprint density at radius 2 is 1.68 bits per heavy atom. The second-order valence-corrected chi connectivity index (χ2v) is 6.58. The quantitative estimate of drug-likeness (QED) is 0.728. The molecule has 19 heavy (non-hydrogen) atoms. The number of benzene rings is 1. The maximum Gasteiger partial charge on any atom is 0.0465 e. The fourth-order valence-corrected chi connectivity index (χ4v) is 3.71. The van der Waals surface area contributed by atoms with Crippen molar-refractivity contribution < 1.29 is 0 Å². The monoisotopic (exact) mass is 319 g/mol. The highest BCUT2D eigenvalue weighted by atomic mass is 35.5. The summed E-state index contributed by atoms with van der Waals surface area (Å²) >= 11 is 18.5. The summed E-state index contributed by atoms with van der Waals surface area (Å²) in [5.41, 5.74) is 1.24. The van der Waals surface area contributed by atoms with Crippen LogP contribution in [-0.4, -0.2) is 12.4 Å². The van der Waals surface area contributed by atoms with Gasteiger partial charge in [-0.3, -0.25) is 0 Å². The Morgan fingerprint density at radius 3 is 2.26 bits per heavy atom. The Hall–Kier alpha value is 0.0500. The lowest BCUT2D eigenvalue weighted by Gasteiger charge is -2.35. The van der Waals surface area contributed by atoms with Crippen LogP contribution in [0.5, 0.6) is 0 Å². The van der Waals surface area contributed by atoms with E-state index in [1.165, 1.54) is 32.1 Å². The normalized spacial score (nSPS) is 18.5. The van der Waals surface area contributed by atoms with Gasteiger partial charge in [-0.15, -0.1) is 11.6 Å². The molecule has 0 aromatic heterocycles. The van der Waals surface area contributed by atoms with Gasteiger partial charge in [0.05, 0.1) is 0 Å². The minimum Gasteiger partial charge on any atom is -0.312 e. The summed E-state index contributed by atoms with van der Waals surface area (Å²) in [6.07, 6.45) is 6.37. The first-order chi connectivity index (χ1) is 9.17. The summed E-state index contributed by atoms with van der Waals surface area (Å²) in [5, 5.41) is 4.94. The zero-order valence-corrected chi connectivity index (χ0v) is 13.3. The number of rotatable bonds is 5. The lowest BCUT2D eigenvalue weighted by molar-refractivity contribution is 0.212. The molecule has 1 fully saturated rings. The zero-order chi connectivity index (χ0) is 13.7. The van der Waals surface area contributed by atoms with Crippen LogP contribution < -0.4 is 5.32 Å². The third-order valence-corrected chi connectivity index (χ3v) is 5.34. The van der Waals surface area contributed by atoms with Gasteiger partial charge in [-0.2, -0.15) is 0 Å². The van der Waals surface area contributed by atoms with Gasteiger partial charge in [0.1, 0.15) is 0 Å². The van der Waals surface area contributed by atoms with Crippen LogP contribution in [0.4, 0.5) is 0 Å². The molecule has 0 radical (unpaired) electrons. The molecule has 1 nitrogen and oxygen atoms in total. The van der Waals surface area contributed by atoms with Gasteiger partial charge in [-0.25, -0.2) is 0 Å². The molecule has 0 spiro atoms. The number of nitrogens with one attached hydrogen (secondary N) is 1. The summed E-state index contributed by atoms with van der Waals surface area (Å²) in [7, 11) is 0. The third kappa shape index (κ3) is 4.01. The zero-order valence-electron chi connectivity index (χ0n) is 11.0. The van der Waals surface area contributed by atoms with E-state index in [0.717, 1.165) is 28.0 Å². The molecule has 0 saturated heterocycles. The molecule has 0 atom stereocenters. The predicted octanol–water partition coefficient (Wildman–Crippen LogP) is 5.27. The van der Waals surface area contributed by atoms with E-state index >= 15 is 0 Å². The van der Waals surface area contributed by atoms with Crippen LogP contribution in [0.15, 0.2) is 18.2 Å². The van der Waals surface area contributed by atoms with Crippen LogP contribution in [-0.2, 0) is 6.54 Å². The Morgan fingerprint density at radius 1 is 1.05 bits per heavy atom. The topological polar surface area (TPSA) is 12.0 Å². The second kappa shape index (κ2) is 7.17. The molecule has 2 rings (SSSR count). The average Bonchev–Trinajstić information content (AvgIpc) is 2.43. The summed E-state index contributed by atoms with van der Waals surface area (Å²) < 4.78 is 0. The van der Waals surface area contributed by atoms with Gasteiger partial charge in [-0.1, -0.05) is 48.5 Å². The predicted molar refractivity (Wildman–Crippen MR) is 84.4 cm³/mol. The fourth-order valence-electron chi connectivity index (χ4n) is 2.81. The van der Waals surface area contributed by atoms with Gasteiger partial charge >= 0.3 is 0 Å². The number of hydrogen-bond acceptors (Lipinski definition) is 1. The summed E-state index contributed by atoms with van der Waals surface area (Å²) in [6.45, 7) is 1.65. The van der Waals surface area contributed by atoms with E-state index in [4.69, 9.17) is 34.8 Å². The largest absolute Gasteiger partial charge is 0.312 e. The Labute approximate surface area is 130 Å². The maximum absolute atomic E-state index is 6.19. The van der Waals surface area contributed by atoms with Crippen LogP contribution in [0.2, 0.25) is 10.0 Å². The Balaban J connectivity index is 1.92. The van der Waals surface area contributed by atoms with Gasteiger partial charge < -0.3 is 5.32 Å². The molecule has 0 heterocycles. The lowest BCUT2D eigenvalue weighted by Crippen LogP contribution is -2.37. The molecule has 0 bridgehead atoms. The number of alkyl halides is 1. The standard InChI is InChI=1S/C15H20Cl3N/c16-10-15(7-2-1-3-8-15)11-19-9-12-13(17)5-4-6-14(12)18/h4-6,19H,1-3,7-11H2. The molecular formula is C15H20Cl3N. The average molecular weight is 321 g/mol. The molecule has 1 aromatic carbocycles. The Kier molecular flexibility index (Phi) is 5.83. The SMILES string of the molecule is ClCC1(CNCc2c(Cl)cccc2Cl)CCCCC1. The van der Waals surface area contributed by atoms with Crippen molar-refractivity contribution >= 4 is 34.8 Å². The van der Waals surface area contributed by atoms with Crippen molar-refractivity contribution in [2.24, 2.45) is 5.41 Å². The Bertz CT molecular complexity index is 394. The molecule has 0 aliphatic heterocycles.